The van der Waals surface area contributed by atoms with Gasteiger partial charge in [0.25, 0.3) is 0 Å². The summed E-state index contributed by atoms with van der Waals surface area (Å²) in [5.41, 5.74) is 0. The van der Waals surface area contributed by atoms with Crippen molar-refractivity contribution in [3.8, 4) is 0 Å². The maximum atomic E-state index is 11.8. The Morgan fingerprint density at radius 1 is 1.44 bits per heavy atom. The monoisotopic (exact) mass is 227 g/mol. The number of hydrogen-bond acceptors (Lipinski definition) is 3. The second kappa shape index (κ2) is 6.24. The zero-order valence-electron chi connectivity index (χ0n) is 11.0. The molecule has 16 heavy (non-hydrogen) atoms. The molecule has 0 aromatic rings. The van der Waals surface area contributed by atoms with Crippen molar-refractivity contribution in [3.05, 3.63) is 0 Å². The first-order valence-electron chi connectivity index (χ1n) is 6.52. The van der Waals surface area contributed by atoms with E-state index in [0.29, 0.717) is 12.6 Å². The Kier molecular flexibility index (Phi) is 5.26. The van der Waals surface area contributed by atoms with Gasteiger partial charge in [-0.05, 0) is 45.6 Å². The fourth-order valence-corrected chi connectivity index (χ4v) is 2.66. The van der Waals surface area contributed by atoms with Crippen LogP contribution in [-0.4, -0.2) is 36.1 Å². The number of rotatable bonds is 4. The number of esters is 1. The minimum Gasteiger partial charge on any atom is -0.465 e. The number of ether oxygens (including phenoxy) is 1. The molecule has 3 nitrogen and oxygen atoms in total. The Morgan fingerprint density at radius 2 is 2.12 bits per heavy atom. The lowest BCUT2D eigenvalue weighted by Crippen LogP contribution is -2.50. The van der Waals surface area contributed by atoms with E-state index in [1.54, 1.807) is 0 Å². The van der Waals surface area contributed by atoms with Crippen molar-refractivity contribution in [1.29, 1.82) is 0 Å². The van der Waals surface area contributed by atoms with E-state index >= 15 is 0 Å². The van der Waals surface area contributed by atoms with Crippen LogP contribution in [0.15, 0.2) is 0 Å². The summed E-state index contributed by atoms with van der Waals surface area (Å²) in [5, 5.41) is 0. The molecule has 3 unspecified atom stereocenters. The average Bonchev–Trinajstić information content (AvgIpc) is 2.22. The largest absolute Gasteiger partial charge is 0.465 e. The average molecular weight is 227 g/mol. The first-order chi connectivity index (χ1) is 7.60. The van der Waals surface area contributed by atoms with Gasteiger partial charge in [-0.15, -0.1) is 0 Å². The molecule has 0 radical (unpaired) electrons. The third-order valence-corrected chi connectivity index (χ3v) is 3.54. The lowest BCUT2D eigenvalue weighted by atomic mass is 9.91. The van der Waals surface area contributed by atoms with Gasteiger partial charge in [0.15, 0.2) is 0 Å². The summed E-state index contributed by atoms with van der Waals surface area (Å²) in [6.07, 6.45) is 3.23. The van der Waals surface area contributed by atoms with E-state index in [1.165, 1.54) is 12.8 Å². The Morgan fingerprint density at radius 3 is 2.62 bits per heavy atom. The van der Waals surface area contributed by atoms with Gasteiger partial charge in [-0.2, -0.15) is 0 Å². The van der Waals surface area contributed by atoms with Gasteiger partial charge in [0, 0.05) is 6.04 Å². The molecule has 0 spiro atoms. The van der Waals surface area contributed by atoms with Gasteiger partial charge in [0.1, 0.15) is 6.04 Å². The predicted octanol–water partition coefficient (Wildman–Crippen LogP) is 2.45. The molecule has 1 saturated heterocycles. The highest BCUT2D eigenvalue weighted by atomic mass is 16.5. The van der Waals surface area contributed by atoms with Crippen molar-refractivity contribution in [2.24, 2.45) is 5.92 Å². The molecule has 1 heterocycles. The normalized spacial score (nSPS) is 28.8. The minimum atomic E-state index is -0.0496. The molecule has 0 saturated carbocycles. The molecule has 1 aliphatic heterocycles. The van der Waals surface area contributed by atoms with Crippen LogP contribution in [0.2, 0.25) is 0 Å². The Bertz CT molecular complexity index is 230. The number of nitrogens with zero attached hydrogens (tertiary/aromatic N) is 1. The van der Waals surface area contributed by atoms with E-state index in [-0.39, 0.29) is 12.0 Å². The smallest absolute Gasteiger partial charge is 0.323 e. The van der Waals surface area contributed by atoms with Crippen molar-refractivity contribution in [3.63, 3.8) is 0 Å². The predicted molar refractivity (Wildman–Crippen MR) is 65.3 cm³/mol. The molecule has 0 N–H and O–H groups in total. The highest BCUT2D eigenvalue weighted by molar-refractivity contribution is 5.75. The van der Waals surface area contributed by atoms with E-state index in [4.69, 9.17) is 4.74 Å². The molecule has 3 heteroatoms. The highest BCUT2D eigenvalue weighted by Crippen LogP contribution is 2.25. The fourth-order valence-electron chi connectivity index (χ4n) is 2.66. The topological polar surface area (TPSA) is 29.5 Å². The molecular formula is C13H25NO2. The van der Waals surface area contributed by atoms with E-state index in [1.807, 2.05) is 6.92 Å². The second-order valence-corrected chi connectivity index (χ2v) is 4.89. The standard InChI is InChI=1S/C13H25NO2/c1-5-12(13(15)16-6-2)14-8-7-10(3)9-11(14)4/h10-12H,5-9H2,1-4H3. The molecule has 1 rings (SSSR count). The van der Waals surface area contributed by atoms with Crippen molar-refractivity contribution >= 4 is 5.97 Å². The fraction of sp³-hybridized carbons (Fsp3) is 0.923. The maximum Gasteiger partial charge on any atom is 0.323 e. The van der Waals surface area contributed by atoms with Crippen molar-refractivity contribution in [2.45, 2.75) is 59.0 Å². The number of carbonyl (C=O) groups is 1. The van der Waals surface area contributed by atoms with E-state index in [2.05, 4.69) is 25.7 Å². The quantitative estimate of drug-likeness (QED) is 0.691. The molecule has 0 aromatic heterocycles. The lowest BCUT2D eigenvalue weighted by Gasteiger charge is -2.40. The third-order valence-electron chi connectivity index (χ3n) is 3.54. The zero-order chi connectivity index (χ0) is 12.1. The van der Waals surface area contributed by atoms with Crippen LogP contribution in [0.3, 0.4) is 0 Å². The summed E-state index contributed by atoms with van der Waals surface area (Å²) in [7, 11) is 0. The highest BCUT2D eigenvalue weighted by Gasteiger charge is 2.32. The minimum absolute atomic E-state index is 0.0394. The summed E-state index contributed by atoms with van der Waals surface area (Å²) in [4.78, 5) is 14.2. The van der Waals surface area contributed by atoms with Gasteiger partial charge in [0.2, 0.25) is 0 Å². The van der Waals surface area contributed by atoms with Gasteiger partial charge in [0.05, 0.1) is 6.61 Å². The van der Waals surface area contributed by atoms with Crippen LogP contribution in [0.4, 0.5) is 0 Å². The number of hydrogen-bond donors (Lipinski definition) is 0. The van der Waals surface area contributed by atoms with Crippen LogP contribution < -0.4 is 0 Å². The summed E-state index contributed by atoms with van der Waals surface area (Å²) < 4.78 is 5.14. The van der Waals surface area contributed by atoms with Gasteiger partial charge in [-0.25, -0.2) is 0 Å². The summed E-state index contributed by atoms with van der Waals surface area (Å²) in [6.45, 7) is 9.95. The van der Waals surface area contributed by atoms with E-state index in [0.717, 1.165) is 18.9 Å². The Labute approximate surface area is 99.1 Å². The molecular weight excluding hydrogens is 202 g/mol. The van der Waals surface area contributed by atoms with Crippen molar-refractivity contribution in [2.75, 3.05) is 13.2 Å². The molecule has 0 amide bonds. The van der Waals surface area contributed by atoms with Gasteiger partial charge in [-0.3, -0.25) is 9.69 Å². The van der Waals surface area contributed by atoms with Crippen molar-refractivity contribution in [1.82, 2.24) is 4.90 Å². The SMILES string of the molecule is CCOC(=O)C(CC)N1CCC(C)CC1C. The van der Waals surface area contributed by atoms with Gasteiger partial charge in [-0.1, -0.05) is 13.8 Å². The molecule has 94 valence electrons. The maximum absolute atomic E-state index is 11.8. The van der Waals surface area contributed by atoms with E-state index < -0.39 is 0 Å². The van der Waals surface area contributed by atoms with E-state index in [9.17, 15) is 4.79 Å². The molecule has 1 aliphatic rings. The molecule has 0 aromatic carbocycles. The summed E-state index contributed by atoms with van der Waals surface area (Å²) in [6, 6.07) is 0.459. The summed E-state index contributed by atoms with van der Waals surface area (Å²) in [5.74, 6) is 0.734. The van der Waals surface area contributed by atoms with Crippen LogP contribution in [0, 0.1) is 5.92 Å². The van der Waals surface area contributed by atoms with Crippen LogP contribution in [-0.2, 0) is 9.53 Å². The van der Waals surface area contributed by atoms with Gasteiger partial charge >= 0.3 is 5.97 Å². The van der Waals surface area contributed by atoms with Crippen LogP contribution in [0.1, 0.15) is 47.0 Å². The van der Waals surface area contributed by atoms with Gasteiger partial charge < -0.3 is 4.74 Å². The number of likely N-dealkylation sites (tertiary alicyclic amines) is 1. The Balaban J connectivity index is 2.61. The summed E-state index contributed by atoms with van der Waals surface area (Å²) >= 11 is 0. The first-order valence-corrected chi connectivity index (χ1v) is 6.52. The lowest BCUT2D eigenvalue weighted by molar-refractivity contribution is -0.151. The second-order valence-electron chi connectivity index (χ2n) is 4.89. The molecule has 1 fully saturated rings. The number of carbonyl (C=O) groups excluding carboxylic acids is 1. The van der Waals surface area contributed by atoms with Crippen LogP contribution in [0.25, 0.3) is 0 Å². The van der Waals surface area contributed by atoms with Crippen LogP contribution >= 0.6 is 0 Å². The third kappa shape index (κ3) is 3.21. The molecule has 0 bridgehead atoms. The first kappa shape index (κ1) is 13.5. The molecule has 3 atom stereocenters. The Hall–Kier alpha value is -0.570. The zero-order valence-corrected chi connectivity index (χ0v) is 11.0. The van der Waals surface area contributed by atoms with Crippen molar-refractivity contribution < 1.29 is 9.53 Å². The molecule has 0 aliphatic carbocycles. The van der Waals surface area contributed by atoms with Crippen LogP contribution in [0.5, 0.6) is 0 Å². The number of piperidine rings is 1.